The summed E-state index contributed by atoms with van der Waals surface area (Å²) in [6, 6.07) is 11.5. The van der Waals surface area contributed by atoms with E-state index < -0.39 is 5.97 Å². The molecule has 0 amide bonds. The first-order valence-electron chi connectivity index (χ1n) is 7.71. The molecule has 0 saturated carbocycles. The molecule has 1 aliphatic rings. The Kier molecular flexibility index (Phi) is 3.84. The van der Waals surface area contributed by atoms with Crippen molar-refractivity contribution in [1.29, 1.82) is 0 Å². The molecule has 1 aliphatic carbocycles. The van der Waals surface area contributed by atoms with Gasteiger partial charge in [-0.25, -0.2) is 4.79 Å². The van der Waals surface area contributed by atoms with Gasteiger partial charge in [0.05, 0.1) is 5.56 Å². The van der Waals surface area contributed by atoms with Gasteiger partial charge in [-0.15, -0.1) is 0 Å². The largest absolute Gasteiger partial charge is 0.478 e. The molecule has 0 radical (unpaired) electrons. The Bertz CT molecular complexity index is 739. The Balaban J connectivity index is 1.96. The minimum absolute atomic E-state index is 0.304. The Morgan fingerprint density at radius 3 is 2.14 bits per heavy atom. The van der Waals surface area contributed by atoms with E-state index in [2.05, 4.69) is 25.6 Å². The molecule has 2 nitrogen and oxygen atoms in total. The summed E-state index contributed by atoms with van der Waals surface area (Å²) < 4.78 is 0. The van der Waals surface area contributed by atoms with Gasteiger partial charge in [-0.2, -0.15) is 0 Å². The number of carboxylic acid groups (broad SMARTS) is 1. The highest BCUT2D eigenvalue weighted by Crippen LogP contribution is 2.30. The van der Waals surface area contributed by atoms with Gasteiger partial charge in [0.25, 0.3) is 0 Å². The monoisotopic (exact) mass is 292 g/mol. The van der Waals surface area contributed by atoms with Crippen LogP contribution in [0.15, 0.2) is 43.0 Å². The van der Waals surface area contributed by atoms with Gasteiger partial charge in [0.2, 0.25) is 0 Å². The second-order valence-electron chi connectivity index (χ2n) is 6.00. The van der Waals surface area contributed by atoms with Crippen molar-refractivity contribution in [2.45, 2.75) is 32.6 Å². The third-order valence-electron chi connectivity index (χ3n) is 4.49. The zero-order valence-corrected chi connectivity index (χ0v) is 12.9. The van der Waals surface area contributed by atoms with E-state index in [1.54, 1.807) is 12.1 Å². The van der Waals surface area contributed by atoms with E-state index in [4.69, 9.17) is 5.11 Å². The van der Waals surface area contributed by atoms with Gasteiger partial charge in [-0.05, 0) is 78.1 Å². The second kappa shape index (κ2) is 5.80. The first kappa shape index (κ1) is 14.6. The molecule has 3 rings (SSSR count). The highest BCUT2D eigenvalue weighted by Gasteiger charge is 2.14. The molecule has 2 heteroatoms. The van der Waals surface area contributed by atoms with E-state index in [0.717, 1.165) is 17.6 Å². The summed E-state index contributed by atoms with van der Waals surface area (Å²) in [5.41, 5.74) is 7.57. The number of aromatic carboxylic acids is 1. The number of rotatable bonds is 3. The Morgan fingerprint density at radius 1 is 1.00 bits per heavy atom. The SMILES string of the molecule is C=C(c1ccc(C(=O)O)cc1)c1cc2c(cc1C)CCCC2. The van der Waals surface area contributed by atoms with Gasteiger partial charge in [0.15, 0.2) is 0 Å². The molecule has 0 bridgehead atoms. The van der Waals surface area contributed by atoms with E-state index in [9.17, 15) is 4.79 Å². The summed E-state index contributed by atoms with van der Waals surface area (Å²) in [5.74, 6) is -0.901. The Morgan fingerprint density at radius 2 is 1.55 bits per heavy atom. The fraction of sp³-hybridized carbons (Fsp3) is 0.250. The molecule has 0 unspecified atom stereocenters. The summed E-state index contributed by atoms with van der Waals surface area (Å²) in [6.45, 7) is 6.36. The van der Waals surface area contributed by atoms with Crippen LogP contribution in [0.2, 0.25) is 0 Å². The maximum Gasteiger partial charge on any atom is 0.335 e. The van der Waals surface area contributed by atoms with E-state index in [1.807, 2.05) is 12.1 Å². The summed E-state index contributed by atoms with van der Waals surface area (Å²) >= 11 is 0. The van der Waals surface area contributed by atoms with Gasteiger partial charge in [0.1, 0.15) is 0 Å². The van der Waals surface area contributed by atoms with Gasteiger partial charge in [-0.3, -0.25) is 0 Å². The zero-order valence-electron chi connectivity index (χ0n) is 12.9. The third-order valence-corrected chi connectivity index (χ3v) is 4.49. The van der Waals surface area contributed by atoms with Crippen LogP contribution < -0.4 is 0 Å². The van der Waals surface area contributed by atoms with E-state index in [-0.39, 0.29) is 0 Å². The molecular weight excluding hydrogens is 272 g/mol. The average Bonchev–Trinajstić information content (AvgIpc) is 2.53. The van der Waals surface area contributed by atoms with Crippen LogP contribution in [0.25, 0.3) is 5.57 Å². The van der Waals surface area contributed by atoms with Crippen LogP contribution in [-0.2, 0) is 12.8 Å². The van der Waals surface area contributed by atoms with Crippen LogP contribution >= 0.6 is 0 Å². The lowest BCUT2D eigenvalue weighted by molar-refractivity contribution is 0.0697. The number of carboxylic acids is 1. The van der Waals surface area contributed by atoms with Crippen LogP contribution in [0.3, 0.4) is 0 Å². The molecule has 2 aromatic carbocycles. The van der Waals surface area contributed by atoms with Gasteiger partial charge in [-0.1, -0.05) is 30.8 Å². The van der Waals surface area contributed by atoms with E-state index in [1.165, 1.54) is 41.5 Å². The van der Waals surface area contributed by atoms with Crippen LogP contribution in [0, 0.1) is 6.92 Å². The first-order valence-corrected chi connectivity index (χ1v) is 7.71. The highest BCUT2D eigenvalue weighted by molar-refractivity contribution is 5.89. The van der Waals surface area contributed by atoms with Gasteiger partial charge in [0, 0.05) is 0 Å². The predicted octanol–water partition coefficient (Wildman–Crippen LogP) is 4.63. The smallest absolute Gasteiger partial charge is 0.335 e. The number of carbonyl (C=O) groups is 1. The first-order chi connectivity index (χ1) is 10.6. The lowest BCUT2D eigenvalue weighted by Gasteiger charge is -2.20. The van der Waals surface area contributed by atoms with Gasteiger partial charge < -0.3 is 5.11 Å². The summed E-state index contributed by atoms with van der Waals surface area (Å²) in [5, 5.41) is 8.99. The molecule has 112 valence electrons. The summed E-state index contributed by atoms with van der Waals surface area (Å²) in [6.07, 6.45) is 4.86. The van der Waals surface area contributed by atoms with Gasteiger partial charge >= 0.3 is 5.97 Å². The van der Waals surface area contributed by atoms with Crippen molar-refractivity contribution in [3.05, 3.63) is 76.4 Å². The number of hydrogen-bond acceptors (Lipinski definition) is 1. The van der Waals surface area contributed by atoms with E-state index in [0.29, 0.717) is 5.56 Å². The molecule has 0 atom stereocenters. The van der Waals surface area contributed by atoms with Crippen LogP contribution in [0.5, 0.6) is 0 Å². The van der Waals surface area contributed by atoms with Crippen molar-refractivity contribution in [2.24, 2.45) is 0 Å². The number of hydrogen-bond donors (Lipinski definition) is 1. The standard InChI is InChI=1S/C20H20O2/c1-13-11-17-5-3-4-6-18(17)12-19(13)14(2)15-7-9-16(10-8-15)20(21)22/h7-12H,2-6H2,1H3,(H,21,22). The molecular formula is C20H20O2. The molecule has 0 aliphatic heterocycles. The minimum atomic E-state index is -0.901. The summed E-state index contributed by atoms with van der Waals surface area (Å²) in [4.78, 5) is 10.9. The van der Waals surface area contributed by atoms with Crippen LogP contribution in [0.4, 0.5) is 0 Å². The Labute approximate surface area is 131 Å². The molecule has 22 heavy (non-hydrogen) atoms. The lowest BCUT2D eigenvalue weighted by Crippen LogP contribution is -2.05. The predicted molar refractivity (Wildman–Crippen MR) is 89.4 cm³/mol. The van der Waals surface area contributed by atoms with Crippen molar-refractivity contribution in [3.8, 4) is 0 Å². The van der Waals surface area contributed by atoms with Crippen molar-refractivity contribution >= 4 is 11.5 Å². The quantitative estimate of drug-likeness (QED) is 0.895. The van der Waals surface area contributed by atoms with E-state index >= 15 is 0 Å². The highest BCUT2D eigenvalue weighted by atomic mass is 16.4. The molecule has 0 saturated heterocycles. The minimum Gasteiger partial charge on any atom is -0.478 e. The maximum absolute atomic E-state index is 10.9. The molecule has 0 spiro atoms. The maximum atomic E-state index is 10.9. The molecule has 2 aromatic rings. The van der Waals surface area contributed by atoms with Crippen LogP contribution in [-0.4, -0.2) is 11.1 Å². The average molecular weight is 292 g/mol. The topological polar surface area (TPSA) is 37.3 Å². The number of benzene rings is 2. The molecule has 0 aromatic heterocycles. The molecule has 0 heterocycles. The number of aryl methyl sites for hydroxylation is 3. The second-order valence-corrected chi connectivity index (χ2v) is 6.00. The zero-order chi connectivity index (χ0) is 15.7. The third kappa shape index (κ3) is 2.69. The Hall–Kier alpha value is -2.35. The van der Waals surface area contributed by atoms with Crippen molar-refractivity contribution in [3.63, 3.8) is 0 Å². The fourth-order valence-electron chi connectivity index (χ4n) is 3.20. The fourth-order valence-corrected chi connectivity index (χ4v) is 3.20. The van der Waals surface area contributed by atoms with Crippen LogP contribution in [0.1, 0.15) is 51.0 Å². The molecule has 1 N–H and O–H groups in total. The normalized spacial score (nSPS) is 13.5. The van der Waals surface area contributed by atoms with Crippen molar-refractivity contribution in [1.82, 2.24) is 0 Å². The van der Waals surface area contributed by atoms with Crippen molar-refractivity contribution in [2.75, 3.05) is 0 Å². The van der Waals surface area contributed by atoms with Crippen molar-refractivity contribution < 1.29 is 9.90 Å². The lowest BCUT2D eigenvalue weighted by atomic mass is 9.85. The summed E-state index contributed by atoms with van der Waals surface area (Å²) in [7, 11) is 0. The number of fused-ring (bicyclic) bond motifs is 1. The molecule has 0 fully saturated rings.